The van der Waals surface area contributed by atoms with Gasteiger partial charge in [0.25, 0.3) is 0 Å². The van der Waals surface area contributed by atoms with E-state index in [2.05, 4.69) is 29.1 Å². The molecular formula is C14H20N4O2. The molecule has 2 fully saturated rings. The first kappa shape index (κ1) is 13.1. The Morgan fingerprint density at radius 3 is 2.80 bits per heavy atom. The molecular weight excluding hydrogens is 256 g/mol. The van der Waals surface area contributed by atoms with Crippen molar-refractivity contribution in [3.05, 3.63) is 12.4 Å². The van der Waals surface area contributed by atoms with Gasteiger partial charge in [-0.05, 0) is 18.8 Å². The lowest BCUT2D eigenvalue weighted by Crippen LogP contribution is -2.65. The molecule has 1 saturated carbocycles. The van der Waals surface area contributed by atoms with E-state index >= 15 is 0 Å². The van der Waals surface area contributed by atoms with Crippen molar-refractivity contribution < 1.29 is 9.53 Å². The van der Waals surface area contributed by atoms with Gasteiger partial charge < -0.3 is 9.64 Å². The van der Waals surface area contributed by atoms with Gasteiger partial charge in [0.1, 0.15) is 0 Å². The Kier molecular flexibility index (Phi) is 3.03. The maximum Gasteiger partial charge on any atom is 0.323 e. The van der Waals surface area contributed by atoms with E-state index in [1.165, 1.54) is 32.3 Å². The highest BCUT2D eigenvalue weighted by atomic mass is 16.5. The molecule has 1 atom stereocenters. The Morgan fingerprint density at radius 2 is 2.20 bits per heavy atom. The van der Waals surface area contributed by atoms with Crippen LogP contribution in [0, 0.1) is 11.3 Å². The van der Waals surface area contributed by atoms with E-state index in [-0.39, 0.29) is 11.4 Å². The van der Waals surface area contributed by atoms with Gasteiger partial charge in [-0.2, -0.15) is 4.98 Å². The van der Waals surface area contributed by atoms with Gasteiger partial charge in [0, 0.05) is 18.0 Å². The van der Waals surface area contributed by atoms with Crippen LogP contribution in [0.3, 0.4) is 0 Å². The zero-order chi connectivity index (χ0) is 14.3. The predicted octanol–water partition coefficient (Wildman–Crippen LogP) is 2.14. The highest BCUT2D eigenvalue weighted by molar-refractivity contribution is 5.89. The zero-order valence-electron chi connectivity index (χ0n) is 12.1. The molecule has 0 spiro atoms. The minimum Gasteiger partial charge on any atom is -0.480 e. The maximum absolute atomic E-state index is 12.3. The smallest absolute Gasteiger partial charge is 0.323 e. The summed E-state index contributed by atoms with van der Waals surface area (Å²) >= 11 is 0. The topological polar surface area (TPSA) is 67.3 Å². The molecule has 1 aliphatic carbocycles. The van der Waals surface area contributed by atoms with Crippen LogP contribution in [0.4, 0.5) is 10.6 Å². The number of hydrogen-bond donors (Lipinski definition) is 1. The zero-order valence-corrected chi connectivity index (χ0v) is 12.1. The molecule has 1 aromatic heterocycles. The van der Waals surface area contributed by atoms with E-state index in [0.29, 0.717) is 23.7 Å². The summed E-state index contributed by atoms with van der Waals surface area (Å²) in [5.74, 6) is 1.49. The van der Waals surface area contributed by atoms with Crippen molar-refractivity contribution in [1.82, 2.24) is 14.9 Å². The Hall–Kier alpha value is -1.85. The molecule has 1 aliphatic heterocycles. The van der Waals surface area contributed by atoms with E-state index in [0.717, 1.165) is 6.54 Å². The molecule has 0 radical (unpaired) electrons. The van der Waals surface area contributed by atoms with Gasteiger partial charge in [-0.25, -0.2) is 4.79 Å². The highest BCUT2D eigenvalue weighted by Gasteiger charge is 2.54. The molecule has 6 heteroatoms. The fourth-order valence-corrected chi connectivity index (χ4v) is 3.13. The number of urea groups is 1. The minimum atomic E-state index is -0.0937. The van der Waals surface area contributed by atoms with E-state index in [4.69, 9.17) is 4.74 Å². The number of rotatable bonds is 3. The lowest BCUT2D eigenvalue weighted by Gasteiger charge is -2.54. The van der Waals surface area contributed by atoms with Gasteiger partial charge in [-0.3, -0.25) is 10.3 Å². The molecule has 1 aromatic rings. The van der Waals surface area contributed by atoms with Crippen molar-refractivity contribution in [1.29, 1.82) is 0 Å². The summed E-state index contributed by atoms with van der Waals surface area (Å²) in [4.78, 5) is 22.4. The van der Waals surface area contributed by atoms with Crippen LogP contribution in [0.5, 0.6) is 5.88 Å². The Balaban J connectivity index is 1.67. The summed E-state index contributed by atoms with van der Waals surface area (Å²) in [7, 11) is 1.52. The molecule has 2 amide bonds. The lowest BCUT2D eigenvalue weighted by molar-refractivity contribution is -0.0228. The summed E-state index contributed by atoms with van der Waals surface area (Å²) in [6, 6.07) is 0.254. The van der Waals surface area contributed by atoms with Crippen LogP contribution in [-0.2, 0) is 0 Å². The average Bonchev–Trinajstić information content (AvgIpc) is 3.20. The van der Waals surface area contributed by atoms with Gasteiger partial charge in [0.15, 0.2) is 5.82 Å². The number of hydrogen-bond acceptors (Lipinski definition) is 4. The van der Waals surface area contributed by atoms with Crippen molar-refractivity contribution in [3.8, 4) is 5.88 Å². The van der Waals surface area contributed by atoms with Gasteiger partial charge >= 0.3 is 6.03 Å². The molecule has 0 aromatic carbocycles. The third kappa shape index (κ3) is 2.30. The van der Waals surface area contributed by atoms with Crippen molar-refractivity contribution in [2.45, 2.75) is 32.7 Å². The van der Waals surface area contributed by atoms with E-state index in [1.54, 1.807) is 0 Å². The van der Waals surface area contributed by atoms with Crippen LogP contribution >= 0.6 is 0 Å². The third-order valence-corrected chi connectivity index (χ3v) is 4.10. The summed E-state index contributed by atoms with van der Waals surface area (Å²) in [6.07, 6.45) is 5.50. The summed E-state index contributed by atoms with van der Waals surface area (Å²) in [5.41, 5.74) is 0.221. The standard InChI is InChI=1S/C14H20N4O2/c1-14(2)8-18(12(14)9-4-5-9)13(19)17-10-6-15-7-11(16-10)20-3/h6-7,9,12H,4-5,8H2,1-3H3,(H,16,17,19). The highest BCUT2D eigenvalue weighted by Crippen LogP contribution is 2.50. The number of nitrogens with one attached hydrogen (secondary N) is 1. The average molecular weight is 276 g/mol. The number of likely N-dealkylation sites (tertiary alicyclic amines) is 1. The second kappa shape index (κ2) is 4.61. The maximum atomic E-state index is 12.3. The predicted molar refractivity (Wildman–Crippen MR) is 74.6 cm³/mol. The first-order chi connectivity index (χ1) is 9.51. The number of carbonyl (C=O) groups is 1. The largest absolute Gasteiger partial charge is 0.480 e. The minimum absolute atomic E-state index is 0.0937. The number of ether oxygens (including phenoxy) is 1. The van der Waals surface area contributed by atoms with Gasteiger partial charge in [0.2, 0.25) is 5.88 Å². The first-order valence-corrected chi connectivity index (χ1v) is 6.95. The van der Waals surface area contributed by atoms with Crippen molar-refractivity contribution in [3.63, 3.8) is 0 Å². The molecule has 2 aliphatic rings. The number of carbonyl (C=O) groups excluding carboxylic acids is 1. The van der Waals surface area contributed by atoms with Crippen LogP contribution < -0.4 is 10.1 Å². The normalized spacial score (nSPS) is 23.9. The SMILES string of the molecule is COc1cncc(NC(=O)N2CC(C)(C)C2C2CC2)n1. The molecule has 2 heterocycles. The van der Waals surface area contributed by atoms with Crippen LogP contribution in [0.15, 0.2) is 12.4 Å². The summed E-state index contributed by atoms with van der Waals surface area (Å²) in [6.45, 7) is 5.24. The molecule has 6 nitrogen and oxygen atoms in total. The van der Waals surface area contributed by atoms with E-state index < -0.39 is 0 Å². The van der Waals surface area contributed by atoms with Gasteiger partial charge in [-0.1, -0.05) is 13.8 Å². The Bertz CT molecular complexity index is 528. The fraction of sp³-hybridized carbons (Fsp3) is 0.643. The second-order valence-electron chi connectivity index (χ2n) is 6.28. The molecule has 1 N–H and O–H groups in total. The lowest BCUT2D eigenvalue weighted by atomic mass is 9.72. The number of aromatic nitrogens is 2. The van der Waals surface area contributed by atoms with Crippen LogP contribution in [0.25, 0.3) is 0 Å². The number of methoxy groups -OCH3 is 1. The van der Waals surface area contributed by atoms with Crippen molar-refractivity contribution >= 4 is 11.8 Å². The third-order valence-electron chi connectivity index (χ3n) is 4.10. The molecule has 20 heavy (non-hydrogen) atoms. The molecule has 1 saturated heterocycles. The Labute approximate surface area is 118 Å². The van der Waals surface area contributed by atoms with E-state index in [1.807, 2.05) is 4.90 Å². The molecule has 1 unspecified atom stereocenters. The second-order valence-corrected chi connectivity index (χ2v) is 6.28. The van der Waals surface area contributed by atoms with Crippen LogP contribution in [-0.4, -0.2) is 40.6 Å². The molecule has 0 bridgehead atoms. The van der Waals surface area contributed by atoms with Crippen molar-refractivity contribution in [2.75, 3.05) is 19.0 Å². The van der Waals surface area contributed by atoms with Crippen molar-refractivity contribution in [2.24, 2.45) is 11.3 Å². The molecule has 3 rings (SSSR count). The summed E-state index contributed by atoms with van der Waals surface area (Å²) < 4.78 is 5.00. The number of anilines is 1. The summed E-state index contributed by atoms with van der Waals surface area (Å²) in [5, 5.41) is 2.80. The van der Waals surface area contributed by atoms with Gasteiger partial charge in [-0.15, -0.1) is 0 Å². The van der Waals surface area contributed by atoms with Crippen LogP contribution in [0.2, 0.25) is 0 Å². The number of amides is 2. The first-order valence-electron chi connectivity index (χ1n) is 6.95. The van der Waals surface area contributed by atoms with Gasteiger partial charge in [0.05, 0.1) is 19.5 Å². The number of nitrogens with zero attached hydrogens (tertiary/aromatic N) is 3. The molecule has 108 valence electrons. The Morgan fingerprint density at radius 1 is 1.45 bits per heavy atom. The van der Waals surface area contributed by atoms with E-state index in [9.17, 15) is 4.79 Å². The quantitative estimate of drug-likeness (QED) is 0.918. The monoisotopic (exact) mass is 276 g/mol. The van der Waals surface area contributed by atoms with Crippen LogP contribution in [0.1, 0.15) is 26.7 Å². The fourth-order valence-electron chi connectivity index (χ4n) is 3.13.